The number of piperidine rings is 1. The van der Waals surface area contributed by atoms with E-state index in [0.29, 0.717) is 61.0 Å². The van der Waals surface area contributed by atoms with Gasteiger partial charge in [0.15, 0.2) is 0 Å². The second-order valence-corrected chi connectivity index (χ2v) is 8.36. The summed E-state index contributed by atoms with van der Waals surface area (Å²) < 4.78 is 21.1. The van der Waals surface area contributed by atoms with E-state index in [-0.39, 0.29) is 11.8 Å². The van der Waals surface area contributed by atoms with Gasteiger partial charge in [-0.1, -0.05) is 6.92 Å². The maximum Gasteiger partial charge on any atom is 0.254 e. The average Bonchev–Trinajstić information content (AvgIpc) is 2.86. The van der Waals surface area contributed by atoms with Crippen LogP contribution in [-0.2, 0) is 11.3 Å². The summed E-state index contributed by atoms with van der Waals surface area (Å²) in [5.74, 6) is 2.34. The van der Waals surface area contributed by atoms with Crippen molar-refractivity contribution in [2.24, 2.45) is 5.41 Å². The predicted molar refractivity (Wildman–Crippen MR) is 124 cm³/mol. The highest BCUT2D eigenvalue weighted by Crippen LogP contribution is 2.33. The third-order valence-electron chi connectivity index (χ3n) is 6.17. The van der Waals surface area contributed by atoms with Crippen LogP contribution in [0.15, 0.2) is 36.4 Å². The third kappa shape index (κ3) is 5.69. The number of methoxy groups -OCH3 is 4. The number of carbonyl (C=O) groups is 2. The lowest BCUT2D eigenvalue weighted by atomic mass is 9.79. The topological polar surface area (TPSA) is 86.3 Å². The van der Waals surface area contributed by atoms with E-state index in [0.717, 1.165) is 5.56 Å². The molecule has 0 spiro atoms. The summed E-state index contributed by atoms with van der Waals surface area (Å²) >= 11 is 0. The molecule has 33 heavy (non-hydrogen) atoms. The standard InChI is InChI=1S/C25H32N2O6/c1-25(24(29)26-16-17-10-19(30-2)14-20(11-17)31-3)6-8-27(9-7-25)23(28)18-12-21(32-4)15-22(13-18)33-5/h10-15H,6-9,16H2,1-5H3,(H,26,29). The smallest absolute Gasteiger partial charge is 0.254 e. The molecular formula is C25H32N2O6. The van der Waals surface area contributed by atoms with Crippen LogP contribution in [0.25, 0.3) is 0 Å². The molecule has 1 fully saturated rings. The summed E-state index contributed by atoms with van der Waals surface area (Å²) in [6, 6.07) is 10.7. The first-order chi connectivity index (χ1) is 15.8. The van der Waals surface area contributed by atoms with Crippen molar-refractivity contribution in [1.82, 2.24) is 10.2 Å². The van der Waals surface area contributed by atoms with Crippen LogP contribution >= 0.6 is 0 Å². The second-order valence-electron chi connectivity index (χ2n) is 8.36. The van der Waals surface area contributed by atoms with Gasteiger partial charge in [0.05, 0.1) is 28.4 Å². The molecule has 8 heteroatoms. The molecule has 0 aliphatic carbocycles. The molecule has 0 radical (unpaired) electrons. The van der Waals surface area contributed by atoms with E-state index >= 15 is 0 Å². The minimum Gasteiger partial charge on any atom is -0.497 e. The van der Waals surface area contributed by atoms with Gasteiger partial charge in [-0.25, -0.2) is 0 Å². The van der Waals surface area contributed by atoms with Gasteiger partial charge >= 0.3 is 0 Å². The van der Waals surface area contributed by atoms with Gasteiger partial charge in [0.2, 0.25) is 5.91 Å². The van der Waals surface area contributed by atoms with E-state index in [9.17, 15) is 9.59 Å². The van der Waals surface area contributed by atoms with Gasteiger partial charge in [-0.15, -0.1) is 0 Å². The maximum absolute atomic E-state index is 13.0. The molecule has 0 bridgehead atoms. The first kappa shape index (κ1) is 24.2. The van der Waals surface area contributed by atoms with Crippen LogP contribution in [0.4, 0.5) is 0 Å². The van der Waals surface area contributed by atoms with Crippen molar-refractivity contribution in [3.05, 3.63) is 47.5 Å². The zero-order valence-electron chi connectivity index (χ0n) is 19.9. The Morgan fingerprint density at radius 1 is 0.818 bits per heavy atom. The molecule has 1 aliphatic rings. The first-order valence-corrected chi connectivity index (χ1v) is 10.8. The van der Waals surface area contributed by atoms with Crippen LogP contribution in [0.5, 0.6) is 23.0 Å². The lowest BCUT2D eigenvalue weighted by Gasteiger charge is -2.38. The number of ether oxygens (including phenoxy) is 4. The van der Waals surface area contributed by atoms with E-state index in [1.54, 1.807) is 57.6 Å². The molecule has 2 aromatic carbocycles. The van der Waals surface area contributed by atoms with Crippen LogP contribution in [0.3, 0.4) is 0 Å². The molecule has 1 aliphatic heterocycles. The Morgan fingerprint density at radius 2 is 1.27 bits per heavy atom. The molecule has 2 aromatic rings. The van der Waals surface area contributed by atoms with Crippen molar-refractivity contribution < 1.29 is 28.5 Å². The zero-order valence-corrected chi connectivity index (χ0v) is 19.9. The fourth-order valence-electron chi connectivity index (χ4n) is 3.91. The number of hydrogen-bond donors (Lipinski definition) is 1. The van der Waals surface area contributed by atoms with Gasteiger partial charge in [0.25, 0.3) is 5.91 Å². The van der Waals surface area contributed by atoms with Gasteiger partial charge in [0, 0.05) is 42.7 Å². The number of nitrogens with zero attached hydrogens (tertiary/aromatic N) is 1. The zero-order chi connectivity index (χ0) is 24.0. The Labute approximate surface area is 194 Å². The maximum atomic E-state index is 13.0. The lowest BCUT2D eigenvalue weighted by Crippen LogP contribution is -2.48. The predicted octanol–water partition coefficient (Wildman–Crippen LogP) is 3.28. The van der Waals surface area contributed by atoms with Crippen molar-refractivity contribution in [1.29, 1.82) is 0 Å². The van der Waals surface area contributed by atoms with E-state index in [1.165, 1.54) is 0 Å². The molecule has 8 nitrogen and oxygen atoms in total. The SMILES string of the molecule is COc1cc(CNC(=O)C2(C)CCN(C(=O)c3cc(OC)cc(OC)c3)CC2)cc(OC)c1. The van der Waals surface area contributed by atoms with Crippen molar-refractivity contribution >= 4 is 11.8 Å². The van der Waals surface area contributed by atoms with Crippen molar-refractivity contribution in [3.8, 4) is 23.0 Å². The number of rotatable bonds is 8. The fourth-order valence-corrected chi connectivity index (χ4v) is 3.91. The number of carbonyl (C=O) groups excluding carboxylic acids is 2. The number of benzene rings is 2. The van der Waals surface area contributed by atoms with Gasteiger partial charge in [0.1, 0.15) is 23.0 Å². The molecule has 3 rings (SSSR count). The molecule has 178 valence electrons. The van der Waals surface area contributed by atoms with Crippen molar-refractivity contribution in [2.75, 3.05) is 41.5 Å². The lowest BCUT2D eigenvalue weighted by molar-refractivity contribution is -0.132. The fraction of sp³-hybridized carbons (Fsp3) is 0.440. The molecule has 0 atom stereocenters. The van der Waals surface area contributed by atoms with Crippen LogP contribution in [0.1, 0.15) is 35.7 Å². The number of hydrogen-bond acceptors (Lipinski definition) is 6. The summed E-state index contributed by atoms with van der Waals surface area (Å²) in [6.07, 6.45) is 1.15. The summed E-state index contributed by atoms with van der Waals surface area (Å²) in [5.41, 5.74) is 0.847. The highest BCUT2D eigenvalue weighted by Gasteiger charge is 2.38. The minimum atomic E-state index is -0.550. The number of likely N-dealkylation sites (tertiary alicyclic amines) is 1. The van der Waals surface area contributed by atoms with E-state index in [2.05, 4.69) is 5.32 Å². The Bertz CT molecular complexity index is 954. The van der Waals surface area contributed by atoms with Crippen LogP contribution in [-0.4, -0.2) is 58.2 Å². The Kier molecular flexibility index (Phi) is 7.68. The Hall–Kier alpha value is -3.42. The average molecular weight is 457 g/mol. The van der Waals surface area contributed by atoms with Crippen LogP contribution < -0.4 is 24.3 Å². The minimum absolute atomic E-state index is 0.0283. The molecule has 0 unspecified atom stereocenters. The van der Waals surface area contributed by atoms with E-state index < -0.39 is 5.41 Å². The quantitative estimate of drug-likeness (QED) is 0.656. The molecule has 0 aromatic heterocycles. The molecule has 2 amide bonds. The molecule has 1 N–H and O–H groups in total. The third-order valence-corrected chi connectivity index (χ3v) is 6.17. The second kappa shape index (κ2) is 10.5. The van der Waals surface area contributed by atoms with Crippen molar-refractivity contribution in [3.63, 3.8) is 0 Å². The van der Waals surface area contributed by atoms with Gasteiger partial charge in [-0.3, -0.25) is 9.59 Å². The first-order valence-electron chi connectivity index (χ1n) is 10.8. The summed E-state index contributed by atoms with van der Waals surface area (Å²) in [6.45, 7) is 3.31. The monoisotopic (exact) mass is 456 g/mol. The number of amides is 2. The highest BCUT2D eigenvalue weighted by atomic mass is 16.5. The van der Waals surface area contributed by atoms with Crippen molar-refractivity contribution in [2.45, 2.75) is 26.3 Å². The summed E-state index contributed by atoms with van der Waals surface area (Å²) in [5, 5.41) is 3.03. The van der Waals surface area contributed by atoms with E-state index in [4.69, 9.17) is 18.9 Å². The largest absolute Gasteiger partial charge is 0.497 e. The summed E-state index contributed by atoms with van der Waals surface area (Å²) in [7, 11) is 6.29. The number of nitrogens with one attached hydrogen (secondary N) is 1. The molecular weight excluding hydrogens is 424 g/mol. The van der Waals surface area contributed by atoms with Crippen LogP contribution in [0, 0.1) is 5.41 Å². The Balaban J connectivity index is 1.61. The summed E-state index contributed by atoms with van der Waals surface area (Å²) in [4.78, 5) is 27.8. The Morgan fingerprint density at radius 3 is 1.73 bits per heavy atom. The molecule has 1 saturated heterocycles. The molecule has 0 saturated carbocycles. The normalized spacial score (nSPS) is 14.9. The molecule has 1 heterocycles. The van der Waals surface area contributed by atoms with E-state index in [1.807, 2.05) is 19.1 Å². The van der Waals surface area contributed by atoms with Crippen LogP contribution in [0.2, 0.25) is 0 Å². The highest BCUT2D eigenvalue weighted by molar-refractivity contribution is 5.95. The van der Waals surface area contributed by atoms with Gasteiger partial charge in [-0.2, -0.15) is 0 Å². The van der Waals surface area contributed by atoms with Gasteiger partial charge < -0.3 is 29.2 Å². The van der Waals surface area contributed by atoms with Gasteiger partial charge in [-0.05, 0) is 42.7 Å².